The van der Waals surface area contributed by atoms with Gasteiger partial charge >= 0.3 is 0 Å². The molecule has 42 heavy (non-hydrogen) atoms. The van der Waals surface area contributed by atoms with Crippen LogP contribution in [-0.2, 0) is 5.41 Å². The average molecular weight is 586 g/mol. The molecule has 0 saturated heterocycles. The standard InChI is InChI=1S/C39H36ClNS/c1-26(2)29-16-19-38-35(22-29)37(25-42-38)41(33-21-30(20-32(40)24-33)27-12-8-6-9-13-27)36-18-17-31(39(3,4)5)23-34(36)28-14-10-7-11-15-28/h6-26H,1-5H3. The van der Waals surface area contributed by atoms with Gasteiger partial charge in [-0.2, -0.15) is 0 Å². The fraction of sp³-hybridized carbons (Fsp3) is 0.179. The highest BCUT2D eigenvalue weighted by molar-refractivity contribution is 7.17. The Morgan fingerprint density at radius 2 is 1.36 bits per heavy atom. The fourth-order valence-electron chi connectivity index (χ4n) is 5.52. The second-order valence-corrected chi connectivity index (χ2v) is 13.6. The molecule has 0 saturated carbocycles. The first kappa shape index (κ1) is 28.3. The molecule has 0 atom stereocenters. The Hall–Kier alpha value is -3.85. The molecule has 0 spiro atoms. The number of fused-ring (bicyclic) bond motifs is 1. The van der Waals surface area contributed by atoms with Gasteiger partial charge in [0.25, 0.3) is 0 Å². The number of hydrogen-bond acceptors (Lipinski definition) is 2. The minimum atomic E-state index is 0.0185. The first-order chi connectivity index (χ1) is 20.2. The zero-order valence-electron chi connectivity index (χ0n) is 24.9. The van der Waals surface area contributed by atoms with Crippen molar-refractivity contribution in [1.29, 1.82) is 0 Å². The molecule has 5 aromatic carbocycles. The maximum atomic E-state index is 6.90. The molecule has 3 heteroatoms. The summed E-state index contributed by atoms with van der Waals surface area (Å²) in [4.78, 5) is 2.41. The molecule has 0 amide bonds. The number of nitrogens with zero attached hydrogens (tertiary/aromatic N) is 1. The number of anilines is 3. The summed E-state index contributed by atoms with van der Waals surface area (Å²) in [5.74, 6) is 0.442. The molecular formula is C39H36ClNS. The molecule has 0 aliphatic rings. The van der Waals surface area contributed by atoms with E-state index in [0.29, 0.717) is 10.9 Å². The lowest BCUT2D eigenvalue weighted by Crippen LogP contribution is -2.14. The Bertz CT molecular complexity index is 1850. The van der Waals surface area contributed by atoms with Crippen LogP contribution in [0.5, 0.6) is 0 Å². The number of halogens is 1. The van der Waals surface area contributed by atoms with Crippen LogP contribution in [0.4, 0.5) is 17.1 Å². The first-order valence-corrected chi connectivity index (χ1v) is 15.8. The summed E-state index contributed by atoms with van der Waals surface area (Å²) in [5, 5.41) is 4.27. The summed E-state index contributed by atoms with van der Waals surface area (Å²) in [6.07, 6.45) is 0. The molecule has 0 radical (unpaired) electrons. The van der Waals surface area contributed by atoms with Crippen LogP contribution in [0, 0.1) is 0 Å². The van der Waals surface area contributed by atoms with E-state index in [0.717, 1.165) is 22.5 Å². The second kappa shape index (κ2) is 11.4. The maximum absolute atomic E-state index is 6.90. The van der Waals surface area contributed by atoms with Crippen LogP contribution in [0.3, 0.4) is 0 Å². The van der Waals surface area contributed by atoms with E-state index >= 15 is 0 Å². The highest BCUT2D eigenvalue weighted by Crippen LogP contribution is 2.48. The van der Waals surface area contributed by atoms with Crippen LogP contribution in [0.2, 0.25) is 5.02 Å². The van der Waals surface area contributed by atoms with Gasteiger partial charge < -0.3 is 4.90 Å². The van der Waals surface area contributed by atoms with Gasteiger partial charge in [-0.1, -0.05) is 119 Å². The molecule has 0 aliphatic carbocycles. The monoisotopic (exact) mass is 585 g/mol. The summed E-state index contributed by atoms with van der Waals surface area (Å²) in [5.41, 5.74) is 10.6. The van der Waals surface area contributed by atoms with E-state index in [1.54, 1.807) is 11.3 Å². The molecule has 6 rings (SSSR count). The van der Waals surface area contributed by atoms with Crippen molar-refractivity contribution in [2.45, 2.75) is 46.0 Å². The topological polar surface area (TPSA) is 3.24 Å². The predicted molar refractivity (Wildman–Crippen MR) is 185 cm³/mol. The van der Waals surface area contributed by atoms with Crippen molar-refractivity contribution in [3.8, 4) is 22.3 Å². The van der Waals surface area contributed by atoms with E-state index in [1.807, 2.05) is 6.07 Å². The average Bonchev–Trinajstić information content (AvgIpc) is 3.40. The number of benzene rings is 5. The van der Waals surface area contributed by atoms with Gasteiger partial charge in [0.2, 0.25) is 0 Å². The minimum Gasteiger partial charge on any atom is -0.308 e. The predicted octanol–water partition coefficient (Wildman–Crippen LogP) is 12.8. The number of hydrogen-bond donors (Lipinski definition) is 0. The van der Waals surface area contributed by atoms with Gasteiger partial charge in [-0.15, -0.1) is 11.3 Å². The lowest BCUT2D eigenvalue weighted by Gasteiger charge is -2.30. The molecule has 1 nitrogen and oxygen atoms in total. The van der Waals surface area contributed by atoms with Crippen molar-refractivity contribution in [3.63, 3.8) is 0 Å². The SMILES string of the molecule is CC(C)c1ccc2scc(N(c3cc(Cl)cc(-c4ccccc4)c3)c3ccc(C(C)(C)C)cc3-c3ccccc3)c2c1. The molecule has 1 aromatic heterocycles. The Kier molecular flexibility index (Phi) is 7.70. The van der Waals surface area contributed by atoms with Gasteiger partial charge in [0.15, 0.2) is 0 Å². The van der Waals surface area contributed by atoms with Gasteiger partial charge in [0, 0.05) is 31.7 Å². The summed E-state index contributed by atoms with van der Waals surface area (Å²) in [6, 6.07) is 41.5. The van der Waals surface area contributed by atoms with E-state index in [-0.39, 0.29) is 5.41 Å². The highest BCUT2D eigenvalue weighted by atomic mass is 35.5. The smallest absolute Gasteiger partial charge is 0.0647 e. The summed E-state index contributed by atoms with van der Waals surface area (Å²) < 4.78 is 1.28. The fourth-order valence-corrected chi connectivity index (χ4v) is 6.66. The number of thiophene rings is 1. The van der Waals surface area contributed by atoms with Crippen molar-refractivity contribution in [2.75, 3.05) is 4.90 Å². The Labute approximate surface area is 259 Å². The van der Waals surface area contributed by atoms with Crippen LogP contribution in [0.25, 0.3) is 32.3 Å². The van der Waals surface area contributed by atoms with E-state index in [4.69, 9.17) is 11.6 Å². The van der Waals surface area contributed by atoms with Crippen LogP contribution >= 0.6 is 22.9 Å². The molecule has 1 heterocycles. The lowest BCUT2D eigenvalue weighted by molar-refractivity contribution is 0.590. The van der Waals surface area contributed by atoms with Gasteiger partial charge in [0.05, 0.1) is 11.4 Å². The van der Waals surface area contributed by atoms with Crippen LogP contribution in [0.1, 0.15) is 51.7 Å². The minimum absolute atomic E-state index is 0.0185. The Morgan fingerprint density at radius 3 is 2.02 bits per heavy atom. The Morgan fingerprint density at radius 1 is 0.667 bits per heavy atom. The largest absolute Gasteiger partial charge is 0.308 e. The van der Waals surface area contributed by atoms with Gasteiger partial charge in [-0.3, -0.25) is 0 Å². The lowest BCUT2D eigenvalue weighted by atomic mass is 9.84. The van der Waals surface area contributed by atoms with E-state index in [9.17, 15) is 0 Å². The quantitative estimate of drug-likeness (QED) is 0.188. The molecule has 0 bridgehead atoms. The summed E-state index contributed by atoms with van der Waals surface area (Å²) in [7, 11) is 0. The molecule has 0 aliphatic heterocycles. The normalized spacial score (nSPS) is 11.8. The van der Waals surface area contributed by atoms with Crippen molar-refractivity contribution < 1.29 is 0 Å². The van der Waals surface area contributed by atoms with Crippen molar-refractivity contribution in [2.24, 2.45) is 0 Å². The van der Waals surface area contributed by atoms with E-state index in [2.05, 4.69) is 154 Å². The first-order valence-electron chi connectivity index (χ1n) is 14.6. The molecule has 0 N–H and O–H groups in total. The zero-order valence-corrected chi connectivity index (χ0v) is 26.4. The third-order valence-electron chi connectivity index (χ3n) is 7.92. The third-order valence-corrected chi connectivity index (χ3v) is 9.09. The molecule has 0 fully saturated rings. The molecule has 0 unspecified atom stereocenters. The summed E-state index contributed by atoms with van der Waals surface area (Å²) >= 11 is 8.69. The molecule has 6 aromatic rings. The van der Waals surface area contributed by atoms with Crippen LogP contribution < -0.4 is 4.90 Å². The van der Waals surface area contributed by atoms with Crippen LogP contribution in [0.15, 0.2) is 121 Å². The van der Waals surface area contributed by atoms with E-state index in [1.165, 1.54) is 38.0 Å². The van der Waals surface area contributed by atoms with Gasteiger partial charge in [-0.05, 0) is 81.6 Å². The molecule has 210 valence electrons. The van der Waals surface area contributed by atoms with Gasteiger partial charge in [0.1, 0.15) is 0 Å². The van der Waals surface area contributed by atoms with Crippen molar-refractivity contribution in [3.05, 3.63) is 137 Å². The van der Waals surface area contributed by atoms with Gasteiger partial charge in [-0.25, -0.2) is 0 Å². The van der Waals surface area contributed by atoms with E-state index < -0.39 is 0 Å². The molecular weight excluding hydrogens is 550 g/mol. The third kappa shape index (κ3) is 5.62. The zero-order chi connectivity index (χ0) is 29.4. The second-order valence-electron chi connectivity index (χ2n) is 12.3. The Balaban J connectivity index is 1.67. The van der Waals surface area contributed by atoms with Crippen LogP contribution in [-0.4, -0.2) is 0 Å². The summed E-state index contributed by atoms with van der Waals surface area (Å²) in [6.45, 7) is 11.3. The highest BCUT2D eigenvalue weighted by Gasteiger charge is 2.24. The maximum Gasteiger partial charge on any atom is 0.0647 e. The van der Waals surface area contributed by atoms with Crippen molar-refractivity contribution in [1.82, 2.24) is 0 Å². The number of rotatable bonds is 6. The van der Waals surface area contributed by atoms with Crippen molar-refractivity contribution >= 4 is 50.1 Å².